The van der Waals surface area contributed by atoms with Crippen LogP contribution in [0.3, 0.4) is 0 Å². The molecule has 0 saturated heterocycles. The Morgan fingerprint density at radius 2 is 2.33 bits per heavy atom. The number of nitrogens with zero attached hydrogens (tertiary/aromatic N) is 1. The van der Waals surface area contributed by atoms with Crippen molar-refractivity contribution in [1.29, 1.82) is 0 Å². The Morgan fingerprint density at radius 3 is 3.00 bits per heavy atom. The number of thiophene rings is 1. The number of nitrogens with two attached hydrogens (primary N) is 1. The van der Waals surface area contributed by atoms with E-state index in [1.807, 2.05) is 18.7 Å². The molecule has 1 aromatic rings. The lowest BCUT2D eigenvalue weighted by atomic mass is 9.97. The average Bonchev–Trinajstić information content (AvgIpc) is 2.74. The topological polar surface area (TPSA) is 46.3 Å². The quantitative estimate of drug-likeness (QED) is 0.914. The summed E-state index contributed by atoms with van der Waals surface area (Å²) in [7, 11) is 0. The monoisotopic (exact) mass is 266 g/mol. The summed E-state index contributed by atoms with van der Waals surface area (Å²) >= 11 is 1.80. The van der Waals surface area contributed by atoms with Gasteiger partial charge in [-0.05, 0) is 50.6 Å². The van der Waals surface area contributed by atoms with Crippen molar-refractivity contribution in [2.75, 3.05) is 6.54 Å². The number of hydrogen-bond donors (Lipinski definition) is 1. The third kappa shape index (κ3) is 2.93. The molecule has 1 amide bonds. The molecule has 2 N–H and O–H groups in total. The number of hydrogen-bond acceptors (Lipinski definition) is 3. The van der Waals surface area contributed by atoms with Gasteiger partial charge in [-0.1, -0.05) is 0 Å². The molecule has 1 aromatic heterocycles. The van der Waals surface area contributed by atoms with Crippen LogP contribution in [-0.4, -0.2) is 22.9 Å². The highest BCUT2D eigenvalue weighted by Gasteiger charge is 2.28. The Labute approximate surface area is 113 Å². The summed E-state index contributed by atoms with van der Waals surface area (Å²) in [5.41, 5.74) is 7.00. The van der Waals surface area contributed by atoms with Crippen molar-refractivity contribution < 1.29 is 4.79 Å². The van der Waals surface area contributed by atoms with Gasteiger partial charge < -0.3 is 10.6 Å². The highest BCUT2D eigenvalue weighted by molar-refractivity contribution is 7.10. The molecule has 100 valence electrons. The van der Waals surface area contributed by atoms with Crippen molar-refractivity contribution in [3.05, 3.63) is 21.9 Å². The Morgan fingerprint density at radius 1 is 1.61 bits per heavy atom. The largest absolute Gasteiger partial charge is 0.336 e. The van der Waals surface area contributed by atoms with Crippen LogP contribution in [-0.2, 0) is 11.2 Å². The van der Waals surface area contributed by atoms with Gasteiger partial charge in [0, 0.05) is 23.4 Å². The minimum atomic E-state index is -0.262. The predicted molar refractivity (Wildman–Crippen MR) is 75.7 cm³/mol. The first-order valence-electron chi connectivity index (χ1n) is 6.53. The van der Waals surface area contributed by atoms with Crippen LogP contribution >= 0.6 is 11.3 Å². The molecule has 0 spiro atoms. The summed E-state index contributed by atoms with van der Waals surface area (Å²) in [5.74, 6) is 0.234. The molecule has 1 unspecified atom stereocenters. The predicted octanol–water partition coefficient (Wildman–Crippen LogP) is 2.71. The molecule has 0 aliphatic carbocycles. The van der Waals surface area contributed by atoms with Crippen molar-refractivity contribution in [2.24, 2.45) is 5.73 Å². The van der Waals surface area contributed by atoms with Crippen LogP contribution in [0.15, 0.2) is 11.4 Å². The summed E-state index contributed by atoms with van der Waals surface area (Å²) in [6.07, 6.45) is 2.29. The van der Waals surface area contributed by atoms with Crippen molar-refractivity contribution in [2.45, 2.75) is 51.6 Å². The number of carbonyl (C=O) groups is 1. The second kappa shape index (κ2) is 5.02. The van der Waals surface area contributed by atoms with Crippen LogP contribution < -0.4 is 5.73 Å². The summed E-state index contributed by atoms with van der Waals surface area (Å²) < 4.78 is 0. The molecule has 2 heterocycles. The summed E-state index contributed by atoms with van der Waals surface area (Å²) in [6.45, 7) is 6.91. The molecule has 2 rings (SSSR count). The van der Waals surface area contributed by atoms with Crippen molar-refractivity contribution in [1.82, 2.24) is 4.90 Å². The molecule has 0 bridgehead atoms. The number of amides is 1. The van der Waals surface area contributed by atoms with E-state index in [-0.39, 0.29) is 17.5 Å². The van der Waals surface area contributed by atoms with E-state index in [1.165, 1.54) is 10.4 Å². The Kier molecular flexibility index (Phi) is 3.78. The van der Waals surface area contributed by atoms with Gasteiger partial charge in [0.25, 0.3) is 0 Å². The van der Waals surface area contributed by atoms with Gasteiger partial charge in [0.1, 0.15) is 0 Å². The van der Waals surface area contributed by atoms with Gasteiger partial charge in [0.15, 0.2) is 0 Å². The molecule has 0 saturated carbocycles. The SMILES string of the molecule is CC1c2ccsc2CCN1C(=O)CCC(C)(C)N. The molecule has 1 atom stereocenters. The standard InChI is InChI=1S/C14H22N2OS/c1-10-11-6-9-18-12(11)5-8-16(10)13(17)4-7-14(2,3)15/h6,9-10H,4-5,7-8,15H2,1-3H3. The van der Waals surface area contributed by atoms with Gasteiger partial charge in [-0.2, -0.15) is 0 Å². The minimum Gasteiger partial charge on any atom is -0.336 e. The van der Waals surface area contributed by atoms with Gasteiger partial charge in [0.05, 0.1) is 6.04 Å². The van der Waals surface area contributed by atoms with Gasteiger partial charge in [-0.25, -0.2) is 0 Å². The summed E-state index contributed by atoms with van der Waals surface area (Å²) in [6, 6.07) is 2.37. The second-order valence-electron chi connectivity index (χ2n) is 5.80. The Hall–Kier alpha value is -0.870. The van der Waals surface area contributed by atoms with Crippen LogP contribution in [0, 0.1) is 0 Å². The number of fused-ring (bicyclic) bond motifs is 1. The van der Waals surface area contributed by atoms with Crippen molar-refractivity contribution >= 4 is 17.2 Å². The van der Waals surface area contributed by atoms with E-state index in [0.717, 1.165) is 19.4 Å². The van der Waals surface area contributed by atoms with E-state index in [0.29, 0.717) is 6.42 Å². The first-order chi connectivity index (χ1) is 8.38. The third-order valence-electron chi connectivity index (χ3n) is 3.58. The highest BCUT2D eigenvalue weighted by Crippen LogP contribution is 2.33. The first-order valence-corrected chi connectivity index (χ1v) is 7.41. The van der Waals surface area contributed by atoms with Crippen molar-refractivity contribution in [3.63, 3.8) is 0 Å². The molecule has 18 heavy (non-hydrogen) atoms. The Bertz CT molecular complexity index is 433. The molecule has 0 fully saturated rings. The fourth-order valence-electron chi connectivity index (χ4n) is 2.42. The van der Waals surface area contributed by atoms with E-state index in [9.17, 15) is 4.79 Å². The minimum absolute atomic E-state index is 0.216. The zero-order chi connectivity index (χ0) is 13.3. The molecular weight excluding hydrogens is 244 g/mol. The highest BCUT2D eigenvalue weighted by atomic mass is 32.1. The molecule has 3 nitrogen and oxygen atoms in total. The van der Waals surface area contributed by atoms with Crippen LogP contribution in [0.25, 0.3) is 0 Å². The van der Waals surface area contributed by atoms with E-state index in [2.05, 4.69) is 18.4 Å². The zero-order valence-corrected chi connectivity index (χ0v) is 12.2. The maximum Gasteiger partial charge on any atom is 0.223 e. The average molecular weight is 266 g/mol. The van der Waals surface area contributed by atoms with Crippen LogP contribution in [0.4, 0.5) is 0 Å². The van der Waals surface area contributed by atoms with Crippen LogP contribution in [0.5, 0.6) is 0 Å². The summed E-state index contributed by atoms with van der Waals surface area (Å²) in [4.78, 5) is 15.7. The summed E-state index contributed by atoms with van der Waals surface area (Å²) in [5, 5.41) is 2.12. The number of rotatable bonds is 3. The maximum absolute atomic E-state index is 12.3. The second-order valence-corrected chi connectivity index (χ2v) is 6.80. The lowest BCUT2D eigenvalue weighted by molar-refractivity contribution is -0.134. The van der Waals surface area contributed by atoms with E-state index < -0.39 is 0 Å². The third-order valence-corrected chi connectivity index (χ3v) is 4.58. The van der Waals surface area contributed by atoms with Gasteiger partial charge in [0.2, 0.25) is 5.91 Å². The normalized spacial score (nSPS) is 19.8. The lowest BCUT2D eigenvalue weighted by Crippen LogP contribution is -2.40. The molecule has 4 heteroatoms. The molecule has 0 aromatic carbocycles. The molecule has 0 radical (unpaired) electrons. The van der Waals surface area contributed by atoms with Gasteiger partial charge in [-0.3, -0.25) is 4.79 Å². The first kappa shape index (κ1) is 13.6. The van der Waals surface area contributed by atoms with Crippen LogP contribution in [0.1, 0.15) is 50.1 Å². The smallest absolute Gasteiger partial charge is 0.223 e. The van der Waals surface area contributed by atoms with Crippen LogP contribution in [0.2, 0.25) is 0 Å². The number of carbonyl (C=O) groups excluding carboxylic acids is 1. The molecule has 1 aliphatic rings. The van der Waals surface area contributed by atoms with Gasteiger partial charge in [-0.15, -0.1) is 11.3 Å². The van der Waals surface area contributed by atoms with E-state index >= 15 is 0 Å². The van der Waals surface area contributed by atoms with E-state index in [1.54, 1.807) is 11.3 Å². The van der Waals surface area contributed by atoms with E-state index in [4.69, 9.17) is 5.73 Å². The molecule has 1 aliphatic heterocycles. The fourth-order valence-corrected chi connectivity index (χ4v) is 3.39. The Balaban J connectivity index is 2.01. The van der Waals surface area contributed by atoms with Gasteiger partial charge >= 0.3 is 0 Å². The fraction of sp³-hybridized carbons (Fsp3) is 0.643. The van der Waals surface area contributed by atoms with Crippen molar-refractivity contribution in [3.8, 4) is 0 Å². The zero-order valence-electron chi connectivity index (χ0n) is 11.4. The maximum atomic E-state index is 12.3. The molecular formula is C14H22N2OS. The lowest BCUT2D eigenvalue weighted by Gasteiger charge is -2.34.